The Kier molecular flexibility index (Phi) is 4.20. The molecule has 1 aliphatic heterocycles. The zero-order valence-electron chi connectivity index (χ0n) is 12.4. The molecule has 1 amide bonds. The van der Waals surface area contributed by atoms with Gasteiger partial charge in [-0.1, -0.05) is 12.1 Å². The van der Waals surface area contributed by atoms with Gasteiger partial charge in [0.25, 0.3) is 0 Å². The van der Waals surface area contributed by atoms with Crippen molar-refractivity contribution in [2.75, 3.05) is 11.9 Å². The van der Waals surface area contributed by atoms with Crippen molar-refractivity contribution >= 4 is 11.7 Å². The number of pyridine rings is 1. The SMILES string of the molecule is N#Cc1ccc(N[C@H]2CC(=O)N(Cc3cccc(F)c3)C2)nc1. The second-order valence-corrected chi connectivity index (χ2v) is 5.49. The molecule has 1 atom stereocenters. The Labute approximate surface area is 133 Å². The summed E-state index contributed by atoms with van der Waals surface area (Å²) in [6.45, 7) is 0.937. The van der Waals surface area contributed by atoms with Gasteiger partial charge in [0.1, 0.15) is 17.7 Å². The number of nitrogens with zero attached hydrogens (tertiary/aromatic N) is 3. The van der Waals surface area contributed by atoms with Crippen molar-refractivity contribution in [2.24, 2.45) is 0 Å². The van der Waals surface area contributed by atoms with Crippen LogP contribution in [0.15, 0.2) is 42.6 Å². The number of anilines is 1. The summed E-state index contributed by atoms with van der Waals surface area (Å²) >= 11 is 0. The number of aromatic nitrogens is 1. The average molecular weight is 310 g/mol. The molecule has 2 aromatic rings. The molecule has 0 aliphatic carbocycles. The Bertz CT molecular complexity index is 754. The molecule has 0 unspecified atom stereocenters. The van der Waals surface area contributed by atoms with Crippen LogP contribution in [-0.2, 0) is 11.3 Å². The lowest BCUT2D eigenvalue weighted by Gasteiger charge is -2.17. The molecule has 1 saturated heterocycles. The van der Waals surface area contributed by atoms with Crippen LogP contribution < -0.4 is 5.32 Å². The van der Waals surface area contributed by atoms with Crippen LogP contribution in [-0.4, -0.2) is 28.4 Å². The highest BCUT2D eigenvalue weighted by atomic mass is 19.1. The van der Waals surface area contributed by atoms with Gasteiger partial charge in [-0.05, 0) is 29.8 Å². The van der Waals surface area contributed by atoms with E-state index >= 15 is 0 Å². The van der Waals surface area contributed by atoms with Gasteiger partial charge in [0.15, 0.2) is 0 Å². The monoisotopic (exact) mass is 310 g/mol. The number of nitrogens with one attached hydrogen (secondary N) is 1. The predicted octanol–water partition coefficient (Wildman–Crippen LogP) is 2.31. The standard InChI is InChI=1S/C17H15FN4O/c18-14-3-1-2-12(6-14)10-22-11-15(7-17(22)23)21-16-5-4-13(8-19)9-20-16/h1-6,9,15H,7,10-11H2,(H,20,21)/t15-/m0/s1. The highest BCUT2D eigenvalue weighted by Gasteiger charge is 2.29. The zero-order valence-corrected chi connectivity index (χ0v) is 12.4. The second kappa shape index (κ2) is 6.44. The van der Waals surface area contributed by atoms with Gasteiger partial charge in [-0.3, -0.25) is 4.79 Å². The van der Waals surface area contributed by atoms with E-state index in [9.17, 15) is 9.18 Å². The van der Waals surface area contributed by atoms with Crippen LogP contribution in [0.1, 0.15) is 17.5 Å². The van der Waals surface area contributed by atoms with Gasteiger partial charge in [-0.2, -0.15) is 5.26 Å². The smallest absolute Gasteiger partial charge is 0.225 e. The van der Waals surface area contributed by atoms with Gasteiger partial charge in [0, 0.05) is 25.7 Å². The molecule has 23 heavy (non-hydrogen) atoms. The highest BCUT2D eigenvalue weighted by Crippen LogP contribution is 2.18. The van der Waals surface area contributed by atoms with E-state index in [1.807, 2.05) is 6.07 Å². The van der Waals surface area contributed by atoms with E-state index < -0.39 is 0 Å². The Hall–Kier alpha value is -2.94. The summed E-state index contributed by atoms with van der Waals surface area (Å²) in [5.41, 5.74) is 1.27. The number of halogens is 1. The van der Waals surface area contributed by atoms with Crippen LogP contribution in [0, 0.1) is 17.1 Å². The second-order valence-electron chi connectivity index (χ2n) is 5.49. The van der Waals surface area contributed by atoms with Gasteiger partial charge >= 0.3 is 0 Å². The third kappa shape index (κ3) is 3.64. The van der Waals surface area contributed by atoms with Crippen LogP contribution in [0.2, 0.25) is 0 Å². The number of benzene rings is 1. The largest absolute Gasteiger partial charge is 0.365 e. The molecule has 1 aromatic heterocycles. The summed E-state index contributed by atoms with van der Waals surface area (Å²) in [7, 11) is 0. The van der Waals surface area contributed by atoms with Crippen molar-refractivity contribution < 1.29 is 9.18 Å². The van der Waals surface area contributed by atoms with E-state index in [1.165, 1.54) is 18.3 Å². The summed E-state index contributed by atoms with van der Waals surface area (Å²) in [4.78, 5) is 17.9. The molecular formula is C17H15FN4O. The van der Waals surface area contributed by atoms with Gasteiger partial charge in [-0.25, -0.2) is 9.37 Å². The summed E-state index contributed by atoms with van der Waals surface area (Å²) in [6, 6.07) is 11.6. The first-order valence-electron chi connectivity index (χ1n) is 7.29. The molecule has 1 fully saturated rings. The third-order valence-corrected chi connectivity index (χ3v) is 3.72. The predicted molar refractivity (Wildman–Crippen MR) is 82.8 cm³/mol. The average Bonchev–Trinajstić information content (AvgIpc) is 2.87. The van der Waals surface area contributed by atoms with Crippen molar-refractivity contribution in [1.29, 1.82) is 5.26 Å². The Morgan fingerprint density at radius 2 is 2.26 bits per heavy atom. The lowest BCUT2D eigenvalue weighted by atomic mass is 10.2. The van der Waals surface area contributed by atoms with Crippen molar-refractivity contribution in [3.8, 4) is 6.07 Å². The molecule has 0 bridgehead atoms. The molecule has 1 aliphatic rings. The van der Waals surface area contributed by atoms with Crippen LogP contribution in [0.4, 0.5) is 10.2 Å². The molecule has 3 rings (SSSR count). The van der Waals surface area contributed by atoms with E-state index in [2.05, 4.69) is 10.3 Å². The minimum absolute atomic E-state index is 0.0282. The summed E-state index contributed by atoms with van der Waals surface area (Å²) < 4.78 is 13.2. The number of carbonyl (C=O) groups excluding carboxylic acids is 1. The van der Waals surface area contributed by atoms with Gasteiger partial charge in [0.2, 0.25) is 5.91 Å². The first kappa shape index (κ1) is 15.0. The topological polar surface area (TPSA) is 69.0 Å². The maximum atomic E-state index is 13.2. The van der Waals surface area contributed by atoms with Crippen LogP contribution >= 0.6 is 0 Å². The van der Waals surface area contributed by atoms with Crippen molar-refractivity contribution in [2.45, 2.75) is 19.0 Å². The quantitative estimate of drug-likeness (QED) is 0.941. The molecule has 0 radical (unpaired) electrons. The molecule has 1 aromatic carbocycles. The fourth-order valence-electron chi connectivity index (χ4n) is 2.63. The molecule has 0 spiro atoms. The molecule has 1 N–H and O–H groups in total. The normalized spacial score (nSPS) is 17.1. The Morgan fingerprint density at radius 1 is 1.39 bits per heavy atom. The van der Waals surface area contributed by atoms with Crippen LogP contribution in [0.25, 0.3) is 0 Å². The van der Waals surface area contributed by atoms with Gasteiger partial charge in [0.05, 0.1) is 11.6 Å². The molecular weight excluding hydrogens is 295 g/mol. The minimum Gasteiger partial charge on any atom is -0.365 e. The molecule has 0 saturated carbocycles. The van der Waals surface area contributed by atoms with E-state index in [1.54, 1.807) is 29.2 Å². The van der Waals surface area contributed by atoms with Gasteiger partial charge in [-0.15, -0.1) is 0 Å². The summed E-state index contributed by atoms with van der Waals surface area (Å²) in [5.74, 6) is 0.361. The number of likely N-dealkylation sites (tertiary alicyclic amines) is 1. The number of hydrogen-bond acceptors (Lipinski definition) is 4. The zero-order chi connectivity index (χ0) is 16.2. The number of amides is 1. The Balaban J connectivity index is 1.61. The fourth-order valence-corrected chi connectivity index (χ4v) is 2.63. The molecule has 6 heteroatoms. The first-order chi connectivity index (χ1) is 11.1. The number of hydrogen-bond donors (Lipinski definition) is 1. The van der Waals surface area contributed by atoms with Crippen molar-refractivity contribution in [1.82, 2.24) is 9.88 Å². The van der Waals surface area contributed by atoms with Gasteiger partial charge < -0.3 is 10.2 Å². The maximum absolute atomic E-state index is 13.2. The van der Waals surface area contributed by atoms with Crippen LogP contribution in [0.3, 0.4) is 0 Å². The summed E-state index contributed by atoms with van der Waals surface area (Å²) in [6.07, 6.45) is 1.86. The third-order valence-electron chi connectivity index (χ3n) is 3.72. The molecule has 116 valence electrons. The van der Waals surface area contributed by atoms with E-state index in [0.717, 1.165) is 5.56 Å². The van der Waals surface area contributed by atoms with E-state index in [0.29, 0.717) is 30.9 Å². The van der Waals surface area contributed by atoms with Crippen molar-refractivity contribution in [3.05, 3.63) is 59.5 Å². The minimum atomic E-state index is -0.300. The fraction of sp³-hybridized carbons (Fsp3) is 0.235. The summed E-state index contributed by atoms with van der Waals surface area (Å²) in [5, 5.41) is 11.9. The molecule has 2 heterocycles. The van der Waals surface area contributed by atoms with Crippen molar-refractivity contribution in [3.63, 3.8) is 0 Å². The lowest BCUT2D eigenvalue weighted by molar-refractivity contribution is -0.128. The lowest BCUT2D eigenvalue weighted by Crippen LogP contribution is -2.27. The number of nitriles is 1. The first-order valence-corrected chi connectivity index (χ1v) is 7.29. The van der Waals surface area contributed by atoms with E-state index in [4.69, 9.17) is 5.26 Å². The maximum Gasteiger partial charge on any atom is 0.225 e. The highest BCUT2D eigenvalue weighted by molar-refractivity contribution is 5.80. The Morgan fingerprint density at radius 3 is 2.96 bits per heavy atom. The van der Waals surface area contributed by atoms with E-state index in [-0.39, 0.29) is 17.8 Å². The number of carbonyl (C=O) groups is 1. The number of rotatable bonds is 4. The molecule has 5 nitrogen and oxygen atoms in total. The van der Waals surface area contributed by atoms with Crippen LogP contribution in [0.5, 0.6) is 0 Å².